The molecule has 2 heterocycles. The van der Waals surface area contributed by atoms with Gasteiger partial charge in [-0.1, -0.05) is 20.3 Å². The zero-order valence-electron chi connectivity index (χ0n) is 12.6. The molecule has 0 saturated carbocycles. The highest BCUT2D eigenvalue weighted by atomic mass is 15.4. The molecule has 2 heteroatoms. The molecule has 2 saturated heterocycles. The van der Waals surface area contributed by atoms with Gasteiger partial charge in [0.05, 0.1) is 0 Å². The molecular weight excluding hydrogens is 208 g/mol. The normalized spacial score (nSPS) is 40.4. The Morgan fingerprint density at radius 2 is 1.71 bits per heavy atom. The van der Waals surface area contributed by atoms with Gasteiger partial charge in [-0.2, -0.15) is 0 Å². The van der Waals surface area contributed by atoms with Gasteiger partial charge >= 0.3 is 0 Å². The van der Waals surface area contributed by atoms with Crippen LogP contribution in [0.1, 0.15) is 54.4 Å². The van der Waals surface area contributed by atoms with Gasteiger partial charge in [-0.25, -0.2) is 0 Å². The van der Waals surface area contributed by atoms with Crippen molar-refractivity contribution < 1.29 is 0 Å². The Kier molecular flexibility index (Phi) is 3.33. The van der Waals surface area contributed by atoms with Gasteiger partial charge in [-0.15, -0.1) is 0 Å². The third-order valence-corrected chi connectivity index (χ3v) is 5.49. The third-order valence-electron chi connectivity index (χ3n) is 5.49. The molecular formula is C15H30N2. The van der Waals surface area contributed by atoms with Crippen LogP contribution in [-0.2, 0) is 0 Å². The lowest BCUT2D eigenvalue weighted by Crippen LogP contribution is -2.73. The quantitative estimate of drug-likeness (QED) is 0.743. The van der Waals surface area contributed by atoms with Crippen LogP contribution in [0.2, 0.25) is 0 Å². The lowest BCUT2D eigenvalue weighted by molar-refractivity contribution is -0.126. The number of fused-ring (bicyclic) bond motifs is 1. The van der Waals surface area contributed by atoms with Crippen LogP contribution in [-0.4, -0.2) is 47.1 Å². The molecule has 1 unspecified atom stereocenters. The molecule has 2 nitrogen and oxygen atoms in total. The standard InChI is InChI=1S/C15H30N2/c1-7-8-13(4)17-10-14(5)9-16(12(2)3)11-15(14,17)6/h12-13H,7-11H2,1-6H3/t13?,14-,15-/m0/s1. The van der Waals surface area contributed by atoms with E-state index in [1.165, 1.54) is 32.5 Å². The lowest BCUT2D eigenvalue weighted by Gasteiger charge is -2.62. The second-order valence-corrected chi connectivity index (χ2v) is 7.10. The van der Waals surface area contributed by atoms with Crippen molar-refractivity contribution >= 4 is 0 Å². The molecule has 0 spiro atoms. The van der Waals surface area contributed by atoms with Gasteiger partial charge in [-0.05, 0) is 34.1 Å². The lowest BCUT2D eigenvalue weighted by atomic mass is 9.64. The SMILES string of the molecule is CCCC(C)N1C[C@]2(C)CN(C(C)C)C[C@]12C. The van der Waals surface area contributed by atoms with Crippen molar-refractivity contribution in [2.75, 3.05) is 19.6 Å². The van der Waals surface area contributed by atoms with Crippen molar-refractivity contribution in [2.24, 2.45) is 5.41 Å². The summed E-state index contributed by atoms with van der Waals surface area (Å²) in [6, 6.07) is 1.45. The average molecular weight is 238 g/mol. The molecule has 17 heavy (non-hydrogen) atoms. The summed E-state index contributed by atoms with van der Waals surface area (Å²) in [5, 5.41) is 0. The summed E-state index contributed by atoms with van der Waals surface area (Å²) >= 11 is 0. The predicted octanol–water partition coefficient (Wildman–Crippen LogP) is 2.98. The van der Waals surface area contributed by atoms with Crippen LogP contribution in [0.15, 0.2) is 0 Å². The number of hydrogen-bond acceptors (Lipinski definition) is 2. The number of rotatable bonds is 4. The van der Waals surface area contributed by atoms with Crippen molar-refractivity contribution in [1.29, 1.82) is 0 Å². The van der Waals surface area contributed by atoms with E-state index in [9.17, 15) is 0 Å². The molecule has 2 rings (SSSR count). The first kappa shape index (κ1) is 13.4. The molecule has 0 radical (unpaired) electrons. The fraction of sp³-hybridized carbons (Fsp3) is 1.00. The van der Waals surface area contributed by atoms with Crippen molar-refractivity contribution in [3.05, 3.63) is 0 Å². The van der Waals surface area contributed by atoms with Crippen molar-refractivity contribution in [2.45, 2.75) is 72.0 Å². The fourth-order valence-corrected chi connectivity index (χ4v) is 3.96. The molecule has 2 aliphatic heterocycles. The van der Waals surface area contributed by atoms with Crippen LogP contribution >= 0.6 is 0 Å². The molecule has 100 valence electrons. The summed E-state index contributed by atoms with van der Waals surface area (Å²) in [6.45, 7) is 18.2. The zero-order valence-corrected chi connectivity index (χ0v) is 12.6. The van der Waals surface area contributed by atoms with E-state index < -0.39 is 0 Å². The molecule has 3 atom stereocenters. The molecule has 2 aliphatic rings. The van der Waals surface area contributed by atoms with Gasteiger partial charge in [0.2, 0.25) is 0 Å². The topological polar surface area (TPSA) is 6.48 Å². The number of likely N-dealkylation sites (tertiary alicyclic amines) is 2. The van der Waals surface area contributed by atoms with Gasteiger partial charge in [0.15, 0.2) is 0 Å². The maximum Gasteiger partial charge on any atom is 0.0389 e. The maximum absolute atomic E-state index is 2.76. The fourth-order valence-electron chi connectivity index (χ4n) is 3.96. The molecule has 0 aromatic rings. The van der Waals surface area contributed by atoms with Crippen molar-refractivity contribution in [3.63, 3.8) is 0 Å². The van der Waals surface area contributed by atoms with Gasteiger partial charge in [-0.3, -0.25) is 9.80 Å². The summed E-state index contributed by atoms with van der Waals surface area (Å²) < 4.78 is 0. The highest BCUT2D eigenvalue weighted by molar-refractivity contribution is 5.19. The highest BCUT2D eigenvalue weighted by Crippen LogP contribution is 2.53. The smallest absolute Gasteiger partial charge is 0.0389 e. The van der Waals surface area contributed by atoms with Crippen LogP contribution in [0.3, 0.4) is 0 Å². The largest absolute Gasteiger partial charge is 0.298 e. The van der Waals surface area contributed by atoms with Crippen LogP contribution in [0, 0.1) is 5.41 Å². The third kappa shape index (κ3) is 1.84. The van der Waals surface area contributed by atoms with Gasteiger partial charge in [0, 0.05) is 42.7 Å². The Labute approximate surface area is 107 Å². The van der Waals surface area contributed by atoms with E-state index in [0.29, 0.717) is 17.0 Å². The molecule has 0 amide bonds. The maximum atomic E-state index is 2.76. The summed E-state index contributed by atoms with van der Waals surface area (Å²) in [7, 11) is 0. The van der Waals surface area contributed by atoms with E-state index in [1.54, 1.807) is 0 Å². The summed E-state index contributed by atoms with van der Waals surface area (Å²) in [4.78, 5) is 5.43. The second kappa shape index (κ2) is 4.24. The van der Waals surface area contributed by atoms with E-state index in [4.69, 9.17) is 0 Å². The Bertz CT molecular complexity index is 289. The summed E-state index contributed by atoms with van der Waals surface area (Å²) in [5.74, 6) is 0. The highest BCUT2D eigenvalue weighted by Gasteiger charge is 2.64. The van der Waals surface area contributed by atoms with Crippen LogP contribution in [0.25, 0.3) is 0 Å². The molecule has 0 N–H and O–H groups in total. The van der Waals surface area contributed by atoms with Gasteiger partial charge < -0.3 is 0 Å². The Hall–Kier alpha value is -0.0800. The molecule has 2 fully saturated rings. The van der Waals surface area contributed by atoms with E-state index in [-0.39, 0.29) is 0 Å². The molecule has 0 aliphatic carbocycles. The Balaban J connectivity index is 2.09. The molecule has 0 bridgehead atoms. The van der Waals surface area contributed by atoms with Crippen LogP contribution < -0.4 is 0 Å². The van der Waals surface area contributed by atoms with E-state index in [0.717, 1.165) is 6.04 Å². The summed E-state index contributed by atoms with van der Waals surface area (Å²) in [6.07, 6.45) is 2.64. The van der Waals surface area contributed by atoms with Gasteiger partial charge in [0.1, 0.15) is 0 Å². The first-order valence-electron chi connectivity index (χ1n) is 7.35. The molecule has 0 aromatic carbocycles. The second-order valence-electron chi connectivity index (χ2n) is 7.10. The minimum absolute atomic E-state index is 0.422. The molecule has 0 aromatic heterocycles. The van der Waals surface area contributed by atoms with Crippen LogP contribution in [0.5, 0.6) is 0 Å². The van der Waals surface area contributed by atoms with Gasteiger partial charge in [0.25, 0.3) is 0 Å². The first-order valence-corrected chi connectivity index (χ1v) is 7.35. The van der Waals surface area contributed by atoms with Crippen molar-refractivity contribution in [3.8, 4) is 0 Å². The minimum atomic E-state index is 0.422. The predicted molar refractivity (Wildman–Crippen MR) is 74.3 cm³/mol. The average Bonchev–Trinajstić information content (AvgIpc) is 2.42. The number of nitrogens with zero attached hydrogens (tertiary/aromatic N) is 2. The van der Waals surface area contributed by atoms with Crippen molar-refractivity contribution in [1.82, 2.24) is 9.80 Å². The van der Waals surface area contributed by atoms with E-state index in [2.05, 4.69) is 51.3 Å². The monoisotopic (exact) mass is 238 g/mol. The zero-order chi connectivity index (χ0) is 12.8. The van der Waals surface area contributed by atoms with E-state index >= 15 is 0 Å². The first-order chi connectivity index (χ1) is 7.84. The Morgan fingerprint density at radius 3 is 2.24 bits per heavy atom. The Morgan fingerprint density at radius 1 is 1.06 bits per heavy atom. The number of hydrogen-bond donors (Lipinski definition) is 0. The van der Waals surface area contributed by atoms with Crippen LogP contribution in [0.4, 0.5) is 0 Å². The summed E-state index contributed by atoms with van der Waals surface area (Å²) in [5.41, 5.74) is 0.950. The minimum Gasteiger partial charge on any atom is -0.298 e. The van der Waals surface area contributed by atoms with E-state index in [1.807, 2.05) is 0 Å².